The Balaban J connectivity index is 1.38. The highest BCUT2D eigenvalue weighted by Crippen LogP contribution is 2.33. The number of carbonyl (C=O) groups excluding carboxylic acids is 1. The van der Waals surface area contributed by atoms with Crippen molar-refractivity contribution in [3.05, 3.63) is 0 Å². The first-order chi connectivity index (χ1) is 9.82. The normalized spacial score (nSPS) is 31.3. The summed E-state index contributed by atoms with van der Waals surface area (Å²) in [6, 6.07) is 2.59. The molecule has 0 aromatic heterocycles. The monoisotopic (exact) mass is 295 g/mol. The molecular formula is C16H29N3O2. The molecule has 5 heteroatoms. The lowest BCUT2D eigenvalue weighted by Gasteiger charge is -2.41. The Morgan fingerprint density at radius 3 is 2.38 bits per heavy atom. The number of likely N-dealkylation sites (tertiary alicyclic amines) is 2. The lowest BCUT2D eigenvalue weighted by atomic mass is 10.1. The predicted octanol–water partition coefficient (Wildman–Crippen LogP) is 1.82. The quantitative estimate of drug-likeness (QED) is 0.862. The summed E-state index contributed by atoms with van der Waals surface area (Å²) in [5, 5.41) is 3.71. The first-order valence-electron chi connectivity index (χ1n) is 8.31. The second-order valence-corrected chi connectivity index (χ2v) is 7.96. The van der Waals surface area contributed by atoms with Gasteiger partial charge >= 0.3 is 6.09 Å². The number of carbonyl (C=O) groups is 1. The van der Waals surface area contributed by atoms with Crippen molar-refractivity contribution < 1.29 is 9.53 Å². The minimum atomic E-state index is -0.402. The zero-order valence-corrected chi connectivity index (χ0v) is 13.8. The molecule has 0 aromatic rings. The Bertz CT molecular complexity index is 397. The minimum absolute atomic E-state index is 0.181. The highest BCUT2D eigenvalue weighted by molar-refractivity contribution is 5.69. The number of rotatable bonds is 3. The molecule has 3 aliphatic rings. The van der Waals surface area contributed by atoms with E-state index >= 15 is 0 Å². The molecule has 1 amide bonds. The summed E-state index contributed by atoms with van der Waals surface area (Å²) in [6.45, 7) is 10.8. The first kappa shape index (κ1) is 15.1. The highest BCUT2D eigenvalue weighted by Gasteiger charge is 2.41. The van der Waals surface area contributed by atoms with Crippen LogP contribution < -0.4 is 5.32 Å². The van der Waals surface area contributed by atoms with Crippen LogP contribution >= 0.6 is 0 Å². The van der Waals surface area contributed by atoms with Gasteiger partial charge in [0.15, 0.2) is 0 Å². The van der Waals surface area contributed by atoms with Crippen LogP contribution in [-0.2, 0) is 4.74 Å². The van der Waals surface area contributed by atoms with Crippen LogP contribution in [0.15, 0.2) is 0 Å². The third-order valence-corrected chi connectivity index (χ3v) is 4.64. The number of ether oxygens (including phenoxy) is 1. The van der Waals surface area contributed by atoms with E-state index in [4.69, 9.17) is 4.74 Å². The van der Waals surface area contributed by atoms with Crippen molar-refractivity contribution in [2.24, 2.45) is 0 Å². The maximum absolute atomic E-state index is 11.9. The minimum Gasteiger partial charge on any atom is -0.444 e. The third-order valence-electron chi connectivity index (χ3n) is 4.64. The van der Waals surface area contributed by atoms with E-state index < -0.39 is 5.60 Å². The van der Waals surface area contributed by atoms with E-state index in [1.54, 1.807) is 4.90 Å². The Morgan fingerprint density at radius 1 is 1.14 bits per heavy atom. The molecule has 0 spiro atoms. The Labute approximate surface area is 128 Å². The van der Waals surface area contributed by atoms with Crippen LogP contribution in [-0.4, -0.2) is 65.3 Å². The molecule has 3 rings (SSSR count). The molecule has 1 N–H and O–H groups in total. The van der Waals surface area contributed by atoms with Gasteiger partial charge in [0, 0.05) is 43.8 Å². The number of nitrogens with one attached hydrogen (secondary N) is 1. The maximum Gasteiger partial charge on any atom is 0.410 e. The van der Waals surface area contributed by atoms with Crippen molar-refractivity contribution in [3.63, 3.8) is 0 Å². The number of nitrogens with zero attached hydrogens (tertiary/aromatic N) is 2. The van der Waals surface area contributed by atoms with Gasteiger partial charge in [-0.25, -0.2) is 4.79 Å². The van der Waals surface area contributed by atoms with Gasteiger partial charge in [0.2, 0.25) is 0 Å². The van der Waals surface area contributed by atoms with E-state index in [-0.39, 0.29) is 6.09 Å². The molecule has 21 heavy (non-hydrogen) atoms. The van der Waals surface area contributed by atoms with E-state index in [2.05, 4.69) is 17.1 Å². The predicted molar refractivity (Wildman–Crippen MR) is 82.3 cm³/mol. The average Bonchev–Trinajstić information content (AvgIpc) is 3.05. The van der Waals surface area contributed by atoms with Crippen LogP contribution in [0.25, 0.3) is 0 Å². The van der Waals surface area contributed by atoms with Gasteiger partial charge in [0.05, 0.1) is 0 Å². The van der Waals surface area contributed by atoms with Gasteiger partial charge in [-0.3, -0.25) is 4.90 Å². The summed E-state index contributed by atoms with van der Waals surface area (Å²) in [5.74, 6) is 0. The zero-order chi connectivity index (χ0) is 15.2. The summed E-state index contributed by atoms with van der Waals surface area (Å²) in [6.07, 6.45) is 3.82. The summed E-state index contributed by atoms with van der Waals surface area (Å²) in [7, 11) is 0. The van der Waals surface area contributed by atoms with Crippen molar-refractivity contribution in [2.45, 2.75) is 76.7 Å². The maximum atomic E-state index is 11.9. The van der Waals surface area contributed by atoms with Crippen LogP contribution in [0.5, 0.6) is 0 Å². The molecule has 0 aromatic carbocycles. The van der Waals surface area contributed by atoms with Crippen molar-refractivity contribution in [2.75, 3.05) is 19.6 Å². The molecule has 120 valence electrons. The average molecular weight is 295 g/mol. The van der Waals surface area contributed by atoms with Crippen molar-refractivity contribution in [1.29, 1.82) is 0 Å². The van der Waals surface area contributed by atoms with Crippen LogP contribution in [0.4, 0.5) is 4.79 Å². The third kappa shape index (κ3) is 3.69. The Hall–Kier alpha value is -0.810. The molecule has 1 saturated carbocycles. The van der Waals surface area contributed by atoms with Crippen LogP contribution in [0, 0.1) is 0 Å². The molecule has 2 aliphatic heterocycles. The topological polar surface area (TPSA) is 44.8 Å². The van der Waals surface area contributed by atoms with Gasteiger partial charge in [-0.05, 0) is 47.0 Å². The molecular weight excluding hydrogens is 266 g/mol. The lowest BCUT2D eigenvalue weighted by Crippen LogP contribution is -2.62. The van der Waals surface area contributed by atoms with Gasteiger partial charge in [0.1, 0.15) is 5.60 Å². The van der Waals surface area contributed by atoms with Crippen LogP contribution in [0.1, 0.15) is 47.0 Å². The number of hydrogen-bond acceptors (Lipinski definition) is 4. The van der Waals surface area contributed by atoms with Gasteiger partial charge in [0.25, 0.3) is 0 Å². The second kappa shape index (κ2) is 5.43. The van der Waals surface area contributed by atoms with E-state index in [9.17, 15) is 4.79 Å². The van der Waals surface area contributed by atoms with Crippen molar-refractivity contribution in [3.8, 4) is 0 Å². The first-order valence-corrected chi connectivity index (χ1v) is 8.31. The molecule has 0 bridgehead atoms. The molecule has 2 heterocycles. The fourth-order valence-corrected chi connectivity index (χ4v) is 3.48. The van der Waals surface area contributed by atoms with Gasteiger partial charge in [-0.2, -0.15) is 0 Å². The smallest absolute Gasteiger partial charge is 0.410 e. The van der Waals surface area contributed by atoms with Crippen molar-refractivity contribution >= 4 is 6.09 Å². The molecule has 5 nitrogen and oxygen atoms in total. The summed E-state index contributed by atoms with van der Waals surface area (Å²) in [5.41, 5.74) is -0.402. The Kier molecular flexibility index (Phi) is 3.91. The highest BCUT2D eigenvalue weighted by atomic mass is 16.6. The van der Waals surface area contributed by atoms with Gasteiger partial charge in [-0.15, -0.1) is 0 Å². The Morgan fingerprint density at radius 2 is 1.81 bits per heavy atom. The second-order valence-electron chi connectivity index (χ2n) is 7.96. The molecule has 2 saturated heterocycles. The van der Waals surface area contributed by atoms with E-state index in [1.807, 2.05) is 20.8 Å². The largest absolute Gasteiger partial charge is 0.444 e. The summed E-state index contributed by atoms with van der Waals surface area (Å²) < 4.78 is 5.38. The van der Waals surface area contributed by atoms with E-state index in [1.165, 1.54) is 25.8 Å². The fraction of sp³-hybridized carbons (Fsp3) is 0.938. The van der Waals surface area contributed by atoms with Crippen LogP contribution in [0.3, 0.4) is 0 Å². The zero-order valence-electron chi connectivity index (χ0n) is 13.8. The molecule has 0 radical (unpaired) electrons. The number of hydrogen-bond donors (Lipinski definition) is 1. The van der Waals surface area contributed by atoms with E-state index in [0.717, 1.165) is 19.1 Å². The van der Waals surface area contributed by atoms with Gasteiger partial charge in [-0.1, -0.05) is 0 Å². The molecule has 2 unspecified atom stereocenters. The van der Waals surface area contributed by atoms with Gasteiger partial charge < -0.3 is 15.0 Å². The number of amides is 1. The summed E-state index contributed by atoms with van der Waals surface area (Å²) >= 11 is 0. The molecule has 2 atom stereocenters. The molecule has 3 fully saturated rings. The summed E-state index contributed by atoms with van der Waals surface area (Å²) in [4.78, 5) is 16.3. The standard InChI is InChI=1S/C16H29N3O2/c1-11-7-12(10-19(11)14-5-6-14)17-13-8-18(9-13)15(20)21-16(2,3)4/h11-14,17H,5-10H2,1-4H3. The fourth-order valence-electron chi connectivity index (χ4n) is 3.48. The SMILES string of the molecule is CC1CC(NC2CN(C(=O)OC(C)(C)C)C2)CN1C1CC1. The lowest BCUT2D eigenvalue weighted by molar-refractivity contribution is 0.00426. The van der Waals surface area contributed by atoms with E-state index in [0.29, 0.717) is 18.1 Å². The van der Waals surface area contributed by atoms with Crippen LogP contribution in [0.2, 0.25) is 0 Å². The molecule has 1 aliphatic carbocycles. The van der Waals surface area contributed by atoms with Crippen molar-refractivity contribution in [1.82, 2.24) is 15.1 Å².